The maximum absolute atomic E-state index is 14.3. The fraction of sp³-hybridized carbons (Fsp3) is 0.366. The smallest absolute Gasteiger partial charge is 0.236 e. The molecule has 1 aliphatic carbocycles. The Morgan fingerprint density at radius 2 is 0.809 bits per heavy atom. The Bertz CT molecular complexity index is 1400. The van der Waals surface area contributed by atoms with E-state index in [-0.39, 0.29) is 11.8 Å². The van der Waals surface area contributed by atoms with Crippen molar-refractivity contribution in [3.8, 4) is 0 Å². The second-order valence-corrected chi connectivity index (χ2v) is 13.9. The van der Waals surface area contributed by atoms with Crippen LogP contribution in [-0.2, 0) is 20.8 Å². The van der Waals surface area contributed by atoms with Gasteiger partial charge in [-0.05, 0) is 59.8 Å². The van der Waals surface area contributed by atoms with Crippen molar-refractivity contribution in [2.75, 3.05) is 0 Å². The first-order valence-electron chi connectivity index (χ1n) is 16.8. The zero-order valence-corrected chi connectivity index (χ0v) is 27.9. The van der Waals surface area contributed by atoms with E-state index in [4.69, 9.17) is 0 Å². The number of aliphatic hydroxyl groups is 2. The highest BCUT2D eigenvalue weighted by molar-refractivity contribution is 6.08. The van der Waals surface area contributed by atoms with Crippen molar-refractivity contribution in [2.24, 2.45) is 17.3 Å². The summed E-state index contributed by atoms with van der Waals surface area (Å²) in [6, 6.07) is 36.2. The van der Waals surface area contributed by atoms with E-state index in [2.05, 4.69) is 38.3 Å². The van der Waals surface area contributed by atoms with Gasteiger partial charge in [-0.3, -0.25) is 9.59 Å². The number of carbonyl (C=O) groups is 2. The normalized spacial score (nSPS) is 15.6. The van der Waals surface area contributed by atoms with E-state index in [1.807, 2.05) is 121 Å². The number of benzene rings is 4. The van der Waals surface area contributed by atoms with Crippen molar-refractivity contribution >= 4 is 11.8 Å². The van der Waals surface area contributed by atoms with E-state index in [1.165, 1.54) is 0 Å². The molecule has 1 aliphatic rings. The molecule has 4 N–H and O–H groups in total. The van der Waals surface area contributed by atoms with Crippen molar-refractivity contribution in [1.82, 2.24) is 10.6 Å². The average molecular weight is 633 g/mol. The summed E-state index contributed by atoms with van der Waals surface area (Å²) in [5.74, 6) is -0.523. The number of nitrogens with one attached hydrogen (secondary N) is 2. The van der Waals surface area contributed by atoms with Gasteiger partial charge in [0.2, 0.25) is 11.8 Å². The zero-order valence-electron chi connectivity index (χ0n) is 27.9. The Morgan fingerprint density at radius 1 is 0.553 bits per heavy atom. The van der Waals surface area contributed by atoms with Crippen LogP contribution in [0.15, 0.2) is 121 Å². The molecule has 1 saturated carbocycles. The maximum Gasteiger partial charge on any atom is 0.236 e. The van der Waals surface area contributed by atoms with Crippen LogP contribution in [0.25, 0.3) is 0 Å². The minimum atomic E-state index is -1.53. The third-order valence-corrected chi connectivity index (χ3v) is 9.51. The molecule has 4 aromatic carbocycles. The number of rotatable bonds is 14. The van der Waals surface area contributed by atoms with Crippen LogP contribution in [0.2, 0.25) is 0 Å². The SMILES string of the molecule is CC(C)C[C@@H](NC(=O)C1(C(=O)N[C@H](CC(C)C)C(O)(c2ccccc2)c2ccccc2)CC1)C(O)(c1ccccc1)c1ccccc1. The van der Waals surface area contributed by atoms with Crippen LogP contribution in [0, 0.1) is 17.3 Å². The molecule has 47 heavy (non-hydrogen) atoms. The van der Waals surface area contributed by atoms with E-state index in [0.717, 1.165) is 0 Å². The molecular formula is C41H48N2O4. The van der Waals surface area contributed by atoms with Gasteiger partial charge in [0.25, 0.3) is 0 Å². The Balaban J connectivity index is 1.48. The lowest BCUT2D eigenvalue weighted by Gasteiger charge is -2.40. The first-order chi connectivity index (χ1) is 22.5. The largest absolute Gasteiger partial charge is 0.378 e. The van der Waals surface area contributed by atoms with Crippen molar-refractivity contribution in [2.45, 2.75) is 76.7 Å². The van der Waals surface area contributed by atoms with Gasteiger partial charge in [0.05, 0.1) is 12.1 Å². The highest BCUT2D eigenvalue weighted by atomic mass is 16.3. The van der Waals surface area contributed by atoms with Crippen molar-refractivity contribution < 1.29 is 19.8 Å². The molecule has 6 heteroatoms. The quantitative estimate of drug-likeness (QED) is 0.116. The van der Waals surface area contributed by atoms with Gasteiger partial charge >= 0.3 is 0 Å². The molecule has 4 aromatic rings. The van der Waals surface area contributed by atoms with Crippen LogP contribution in [0.1, 0.15) is 75.6 Å². The van der Waals surface area contributed by atoms with E-state index in [1.54, 1.807) is 0 Å². The molecular weight excluding hydrogens is 584 g/mol. The molecule has 0 aliphatic heterocycles. The van der Waals surface area contributed by atoms with Gasteiger partial charge in [0.1, 0.15) is 16.6 Å². The van der Waals surface area contributed by atoms with E-state index < -0.39 is 40.5 Å². The van der Waals surface area contributed by atoms with E-state index in [0.29, 0.717) is 47.9 Å². The molecule has 0 spiro atoms. The minimum Gasteiger partial charge on any atom is -0.378 e. The molecule has 1 fully saturated rings. The van der Waals surface area contributed by atoms with E-state index in [9.17, 15) is 19.8 Å². The van der Waals surface area contributed by atoms with Gasteiger partial charge < -0.3 is 20.8 Å². The van der Waals surface area contributed by atoms with Gasteiger partial charge in [-0.2, -0.15) is 0 Å². The third kappa shape index (κ3) is 7.04. The molecule has 0 heterocycles. The lowest BCUT2D eigenvalue weighted by molar-refractivity contribution is -0.140. The van der Waals surface area contributed by atoms with Gasteiger partial charge in [-0.1, -0.05) is 149 Å². The molecule has 246 valence electrons. The molecule has 0 saturated heterocycles. The summed E-state index contributed by atoms with van der Waals surface area (Å²) in [5.41, 5.74) is -1.70. The zero-order chi connectivity index (χ0) is 33.7. The van der Waals surface area contributed by atoms with E-state index >= 15 is 0 Å². The predicted octanol–water partition coefficient (Wildman–Crippen LogP) is 6.70. The fourth-order valence-electron chi connectivity index (χ4n) is 6.79. The molecule has 0 unspecified atom stereocenters. The topological polar surface area (TPSA) is 98.7 Å². The summed E-state index contributed by atoms with van der Waals surface area (Å²) < 4.78 is 0. The lowest BCUT2D eigenvalue weighted by Crippen LogP contribution is -2.58. The predicted molar refractivity (Wildman–Crippen MR) is 186 cm³/mol. The maximum atomic E-state index is 14.3. The number of amides is 2. The third-order valence-electron chi connectivity index (χ3n) is 9.51. The number of hydrogen-bond acceptors (Lipinski definition) is 4. The average Bonchev–Trinajstić information content (AvgIpc) is 3.91. The molecule has 6 nitrogen and oxygen atoms in total. The minimum absolute atomic E-state index is 0.144. The van der Waals surface area contributed by atoms with Gasteiger partial charge in [-0.25, -0.2) is 0 Å². The van der Waals surface area contributed by atoms with Crippen LogP contribution in [-0.4, -0.2) is 34.1 Å². The highest BCUT2D eigenvalue weighted by Crippen LogP contribution is 2.48. The second kappa shape index (κ2) is 14.2. The summed E-state index contributed by atoms with van der Waals surface area (Å²) in [5, 5.41) is 31.5. The summed E-state index contributed by atoms with van der Waals surface area (Å²) >= 11 is 0. The Labute approximate surface area is 279 Å². The summed E-state index contributed by atoms with van der Waals surface area (Å²) in [6.07, 6.45) is 1.75. The standard InChI is InChI=1S/C41H48N2O4/c1-29(2)27-35(40(46,31-17-9-5-10-18-31)32-19-11-6-12-20-32)42-37(44)39(25-26-39)38(45)43-36(28-30(3)4)41(47,33-21-13-7-14-22-33)34-23-15-8-16-24-34/h5-24,29-30,35-36,46-47H,25-28H2,1-4H3,(H,42,44)(H,43,45)/t35-,36-/m1/s1. The van der Waals surface area contributed by atoms with Crippen molar-refractivity contribution in [3.05, 3.63) is 144 Å². The second-order valence-electron chi connectivity index (χ2n) is 13.9. The summed E-state index contributed by atoms with van der Waals surface area (Å²) in [6.45, 7) is 8.22. The van der Waals surface area contributed by atoms with Gasteiger partial charge in [-0.15, -0.1) is 0 Å². The lowest BCUT2D eigenvalue weighted by atomic mass is 9.76. The van der Waals surface area contributed by atoms with Crippen molar-refractivity contribution in [1.29, 1.82) is 0 Å². The van der Waals surface area contributed by atoms with Gasteiger partial charge in [0.15, 0.2) is 0 Å². The summed E-state index contributed by atoms with van der Waals surface area (Å²) in [4.78, 5) is 28.6. The van der Waals surface area contributed by atoms with Gasteiger partial charge in [0, 0.05) is 0 Å². The van der Waals surface area contributed by atoms with Crippen molar-refractivity contribution in [3.63, 3.8) is 0 Å². The van der Waals surface area contributed by atoms with Crippen LogP contribution >= 0.6 is 0 Å². The monoisotopic (exact) mass is 632 g/mol. The van der Waals surface area contributed by atoms with Crippen LogP contribution < -0.4 is 10.6 Å². The molecule has 0 aromatic heterocycles. The highest BCUT2D eigenvalue weighted by Gasteiger charge is 2.59. The molecule has 0 radical (unpaired) electrons. The molecule has 0 bridgehead atoms. The first kappa shape index (κ1) is 34.1. The Hall–Kier alpha value is -4.26. The van der Waals surface area contributed by atoms with Crippen LogP contribution in [0.4, 0.5) is 0 Å². The first-order valence-corrected chi connectivity index (χ1v) is 16.8. The Kier molecular flexibility index (Phi) is 10.3. The fourth-order valence-corrected chi connectivity index (χ4v) is 6.79. The number of hydrogen-bond donors (Lipinski definition) is 4. The molecule has 2 atom stereocenters. The van der Waals surface area contributed by atoms with Crippen LogP contribution in [0.5, 0.6) is 0 Å². The Morgan fingerprint density at radius 3 is 1.02 bits per heavy atom. The molecule has 5 rings (SSSR count). The molecule has 2 amide bonds. The summed E-state index contributed by atoms with van der Waals surface area (Å²) in [7, 11) is 0. The van der Waals surface area contributed by atoms with Crippen LogP contribution in [0.3, 0.4) is 0 Å². The number of carbonyl (C=O) groups excluding carboxylic acids is 2.